The maximum atomic E-state index is 15.3. The van der Waals surface area contributed by atoms with Crippen molar-refractivity contribution in [3.8, 4) is 40.2 Å². The van der Waals surface area contributed by atoms with Crippen molar-refractivity contribution in [2.24, 2.45) is 0 Å². The van der Waals surface area contributed by atoms with E-state index in [9.17, 15) is 20.3 Å². The Bertz CT molecular complexity index is 1830. The van der Waals surface area contributed by atoms with Gasteiger partial charge in [0, 0.05) is 47.8 Å². The molecule has 3 N–H and O–H groups in total. The molecule has 0 unspecified atom stereocenters. The van der Waals surface area contributed by atoms with Gasteiger partial charge in [0.05, 0.1) is 17.2 Å². The van der Waals surface area contributed by atoms with Crippen LogP contribution in [0.25, 0.3) is 11.1 Å². The molecule has 1 aromatic heterocycles. The number of fused-ring (bicyclic) bond motifs is 2. The molecule has 0 saturated heterocycles. The van der Waals surface area contributed by atoms with E-state index in [0.29, 0.717) is 71.3 Å². The predicted molar refractivity (Wildman–Crippen MR) is 165 cm³/mol. The minimum atomic E-state index is -1.20. The zero-order valence-electron chi connectivity index (χ0n) is 24.5. The van der Waals surface area contributed by atoms with Crippen molar-refractivity contribution >= 4 is 17.6 Å². The molecule has 0 radical (unpaired) electrons. The van der Waals surface area contributed by atoms with Crippen molar-refractivity contribution < 1.29 is 38.3 Å². The van der Waals surface area contributed by atoms with Gasteiger partial charge in [-0.05, 0) is 47.7 Å². The molecule has 0 saturated carbocycles. The zero-order valence-corrected chi connectivity index (χ0v) is 25.2. The first-order valence-corrected chi connectivity index (χ1v) is 15.0. The number of carbonyl (C=O) groups is 1. The number of aromatic nitrogens is 1. The monoisotopic (exact) mass is 645 g/mol. The molecular formula is C34H29ClFN3O7. The Hall–Kier alpha value is -4.89. The lowest BCUT2D eigenvalue weighted by Crippen LogP contribution is -2.39. The van der Waals surface area contributed by atoms with Gasteiger partial charge in [-0.3, -0.25) is 15.1 Å². The summed E-state index contributed by atoms with van der Waals surface area (Å²) in [6.45, 7) is 0.254. The van der Waals surface area contributed by atoms with Gasteiger partial charge in [-0.2, -0.15) is 5.26 Å². The number of nitrogens with zero attached hydrogens (tertiary/aromatic N) is 2. The van der Waals surface area contributed by atoms with Gasteiger partial charge in [0.2, 0.25) is 0 Å². The van der Waals surface area contributed by atoms with E-state index in [1.54, 1.807) is 30.5 Å². The summed E-state index contributed by atoms with van der Waals surface area (Å²) < 4.78 is 39.1. The second-order valence-corrected chi connectivity index (χ2v) is 11.2. The summed E-state index contributed by atoms with van der Waals surface area (Å²) in [6.07, 6.45) is 3.91. The van der Waals surface area contributed by atoms with Crippen LogP contribution in [0.15, 0.2) is 60.9 Å². The zero-order chi connectivity index (χ0) is 32.2. The third kappa shape index (κ3) is 6.55. The van der Waals surface area contributed by atoms with E-state index in [1.165, 1.54) is 12.3 Å². The molecule has 10 nitrogen and oxygen atoms in total. The molecule has 2 heterocycles. The Balaban J connectivity index is 1.28. The van der Waals surface area contributed by atoms with Crippen LogP contribution in [0.5, 0.6) is 23.0 Å². The second-order valence-electron chi connectivity index (χ2n) is 10.8. The highest BCUT2D eigenvalue weighted by atomic mass is 35.5. The molecule has 46 heavy (non-hydrogen) atoms. The van der Waals surface area contributed by atoms with Crippen LogP contribution in [-0.4, -0.2) is 47.0 Å². The molecule has 2 atom stereocenters. The molecule has 2 aliphatic rings. The number of hydrogen-bond acceptors (Lipinski definition) is 9. The molecule has 0 fully saturated rings. The van der Waals surface area contributed by atoms with Crippen LogP contribution in [0.4, 0.5) is 4.39 Å². The first kappa shape index (κ1) is 31.1. The van der Waals surface area contributed by atoms with E-state index in [4.69, 9.17) is 30.5 Å². The summed E-state index contributed by atoms with van der Waals surface area (Å²) in [7, 11) is 0. The maximum absolute atomic E-state index is 15.3. The molecule has 0 bridgehead atoms. The van der Waals surface area contributed by atoms with E-state index in [2.05, 4.69) is 10.3 Å². The summed E-state index contributed by atoms with van der Waals surface area (Å²) in [5.74, 6) is -0.0133. The Kier molecular flexibility index (Phi) is 9.21. The summed E-state index contributed by atoms with van der Waals surface area (Å²) in [6, 6.07) is 14.5. The molecular weight excluding hydrogens is 617 g/mol. The number of aliphatic carboxylic acids is 1. The van der Waals surface area contributed by atoms with Crippen molar-refractivity contribution in [3.63, 3.8) is 0 Å². The van der Waals surface area contributed by atoms with Gasteiger partial charge in [-0.15, -0.1) is 0 Å². The maximum Gasteiger partial charge on any atom is 0.323 e. The SMILES string of the molecule is N#Cc1cncc(COc2cc(O[C@H]3CCc4c(-c5cc6c(cc5F)OCCO6)cccc43)c(Cl)cc2CN[C@@H](CO)C(=O)O)c1. The quantitative estimate of drug-likeness (QED) is 0.195. The molecule has 236 valence electrons. The number of hydrogen-bond donors (Lipinski definition) is 3. The van der Waals surface area contributed by atoms with Crippen LogP contribution in [-0.2, 0) is 24.4 Å². The fourth-order valence-electron chi connectivity index (χ4n) is 5.61. The number of nitrogens with one attached hydrogen (secondary N) is 1. The molecule has 1 aliphatic heterocycles. The van der Waals surface area contributed by atoms with Gasteiger partial charge in [0.25, 0.3) is 0 Å². The number of carboxylic acid groups (broad SMARTS) is 1. The normalized spacial score (nSPS) is 15.5. The number of benzene rings is 3. The average Bonchev–Trinajstić information content (AvgIpc) is 3.48. The fourth-order valence-corrected chi connectivity index (χ4v) is 5.84. The van der Waals surface area contributed by atoms with E-state index < -0.39 is 24.4 Å². The van der Waals surface area contributed by atoms with Crippen LogP contribution < -0.4 is 24.3 Å². The Labute approximate surface area is 268 Å². The van der Waals surface area contributed by atoms with Crippen LogP contribution in [0.2, 0.25) is 5.02 Å². The second kappa shape index (κ2) is 13.6. The molecule has 0 amide bonds. The molecule has 6 rings (SSSR count). The van der Waals surface area contributed by atoms with Crippen molar-refractivity contribution in [1.29, 1.82) is 5.26 Å². The number of carboxylic acids is 1. The lowest BCUT2D eigenvalue weighted by Gasteiger charge is -2.21. The summed E-state index contributed by atoms with van der Waals surface area (Å²) in [5.41, 5.74) is 4.60. The number of aliphatic hydroxyl groups excluding tert-OH is 1. The number of pyridine rings is 1. The Morgan fingerprint density at radius 1 is 1.13 bits per heavy atom. The highest BCUT2D eigenvalue weighted by Gasteiger charge is 2.29. The number of ether oxygens (including phenoxy) is 4. The highest BCUT2D eigenvalue weighted by molar-refractivity contribution is 6.32. The number of nitriles is 1. The molecule has 12 heteroatoms. The molecule has 3 aromatic carbocycles. The van der Waals surface area contributed by atoms with Crippen molar-refractivity contribution in [1.82, 2.24) is 10.3 Å². The number of aliphatic hydroxyl groups is 1. The van der Waals surface area contributed by atoms with Gasteiger partial charge >= 0.3 is 5.97 Å². The van der Waals surface area contributed by atoms with Gasteiger partial charge in [-0.25, -0.2) is 4.39 Å². The summed E-state index contributed by atoms with van der Waals surface area (Å²) >= 11 is 6.70. The van der Waals surface area contributed by atoms with Crippen molar-refractivity contribution in [2.45, 2.75) is 38.1 Å². The average molecular weight is 646 g/mol. The van der Waals surface area contributed by atoms with Gasteiger partial charge < -0.3 is 29.2 Å². The van der Waals surface area contributed by atoms with Crippen LogP contribution in [0.3, 0.4) is 0 Å². The third-order valence-electron chi connectivity index (χ3n) is 7.86. The summed E-state index contributed by atoms with van der Waals surface area (Å²) in [4.78, 5) is 15.5. The smallest absolute Gasteiger partial charge is 0.323 e. The van der Waals surface area contributed by atoms with Crippen LogP contribution in [0, 0.1) is 17.1 Å². The lowest BCUT2D eigenvalue weighted by atomic mass is 9.96. The van der Waals surface area contributed by atoms with E-state index >= 15 is 4.39 Å². The lowest BCUT2D eigenvalue weighted by molar-refractivity contribution is -0.140. The molecule has 4 aromatic rings. The number of rotatable bonds is 11. The van der Waals surface area contributed by atoms with Crippen molar-refractivity contribution in [3.05, 3.63) is 99.6 Å². The standard InChI is InChI=1S/C34H29ClFN3O7/c35-26-9-21(16-39-28(17-40)34(41)42)30(45-18-20-8-19(13-37)14-38-15-20)12-31(26)46-29-5-4-23-22(2-1-3-24(23)29)25-10-32-33(11-27(25)36)44-7-6-43-32/h1-3,8-12,14-15,28-29,39-40H,4-7,16-18H2,(H,41,42)/t28-,29-/m0/s1. The fraction of sp³-hybridized carbons (Fsp3) is 0.265. The number of halogens is 2. The Morgan fingerprint density at radius 3 is 2.70 bits per heavy atom. The highest BCUT2D eigenvalue weighted by Crippen LogP contribution is 2.45. The first-order valence-electron chi connectivity index (χ1n) is 14.6. The van der Waals surface area contributed by atoms with Crippen LogP contribution >= 0.6 is 11.6 Å². The van der Waals surface area contributed by atoms with Crippen molar-refractivity contribution in [2.75, 3.05) is 19.8 Å². The molecule has 0 spiro atoms. The van der Waals surface area contributed by atoms with Gasteiger partial charge in [0.1, 0.15) is 55.4 Å². The third-order valence-corrected chi connectivity index (χ3v) is 8.16. The topological polar surface area (TPSA) is 143 Å². The first-order chi connectivity index (χ1) is 22.3. The predicted octanol–water partition coefficient (Wildman–Crippen LogP) is 5.36. The Morgan fingerprint density at radius 2 is 1.93 bits per heavy atom. The van der Waals surface area contributed by atoms with Crippen LogP contribution in [0.1, 0.15) is 40.3 Å². The molecule has 1 aliphatic carbocycles. The van der Waals surface area contributed by atoms with E-state index in [-0.39, 0.29) is 24.3 Å². The minimum Gasteiger partial charge on any atom is -0.488 e. The largest absolute Gasteiger partial charge is 0.488 e. The van der Waals surface area contributed by atoms with E-state index in [0.717, 1.165) is 16.7 Å². The minimum absolute atomic E-state index is 0.0278. The van der Waals surface area contributed by atoms with E-state index in [1.807, 2.05) is 24.3 Å². The summed E-state index contributed by atoms with van der Waals surface area (Å²) in [5, 5.41) is 31.1. The van der Waals surface area contributed by atoms with Gasteiger partial charge in [-0.1, -0.05) is 29.8 Å². The van der Waals surface area contributed by atoms with Gasteiger partial charge in [0.15, 0.2) is 11.5 Å².